The lowest BCUT2D eigenvalue weighted by atomic mass is 9.73. The first-order valence-electron chi connectivity index (χ1n) is 6.07. The first-order valence-corrected chi connectivity index (χ1v) is 6.07. The highest BCUT2D eigenvalue weighted by atomic mass is 16.5. The van der Waals surface area contributed by atoms with Crippen LogP contribution in [-0.2, 0) is 4.74 Å². The van der Waals surface area contributed by atoms with E-state index < -0.39 is 0 Å². The zero-order valence-electron chi connectivity index (χ0n) is 8.37. The van der Waals surface area contributed by atoms with Crippen LogP contribution in [0.4, 0.5) is 0 Å². The molecule has 1 heteroatoms. The Morgan fingerprint density at radius 3 is 1.77 bits per heavy atom. The van der Waals surface area contributed by atoms with Crippen LogP contribution in [-0.4, -0.2) is 12.2 Å². The molecule has 4 bridgehead atoms. The summed E-state index contributed by atoms with van der Waals surface area (Å²) in [5.41, 5.74) is 0. The Morgan fingerprint density at radius 2 is 1.23 bits per heavy atom. The Kier molecular flexibility index (Phi) is 2.08. The van der Waals surface area contributed by atoms with Crippen molar-refractivity contribution in [2.45, 2.75) is 63.6 Å². The van der Waals surface area contributed by atoms with E-state index >= 15 is 0 Å². The average molecular weight is 180 g/mol. The summed E-state index contributed by atoms with van der Waals surface area (Å²) in [7, 11) is 0. The molecule has 1 aliphatic heterocycles. The molecule has 3 rings (SSSR count). The van der Waals surface area contributed by atoms with Crippen LogP contribution in [0.2, 0.25) is 0 Å². The second kappa shape index (κ2) is 3.27. The molecule has 0 aromatic heterocycles. The Hall–Kier alpha value is -0.0400. The SMILES string of the molecule is C1CC2CC(C1)C1CCCC(C1)O2. The second-order valence-corrected chi connectivity index (χ2v) is 5.23. The van der Waals surface area contributed by atoms with E-state index in [1.807, 2.05) is 0 Å². The van der Waals surface area contributed by atoms with Gasteiger partial charge in [-0.25, -0.2) is 0 Å². The standard InChI is InChI=1S/C12H20O/c1-3-9-7-11(5-1)13-12-6-2-4-10(9)8-12/h9-12H,1-8H2. The maximum atomic E-state index is 6.15. The second-order valence-electron chi connectivity index (χ2n) is 5.23. The molecule has 0 radical (unpaired) electrons. The summed E-state index contributed by atoms with van der Waals surface area (Å²) in [6, 6.07) is 0. The molecule has 3 fully saturated rings. The highest BCUT2D eigenvalue weighted by Gasteiger charge is 2.37. The minimum absolute atomic E-state index is 0.645. The van der Waals surface area contributed by atoms with Crippen LogP contribution in [0.1, 0.15) is 51.4 Å². The zero-order chi connectivity index (χ0) is 8.67. The molecule has 1 saturated heterocycles. The molecule has 0 N–H and O–H groups in total. The third-order valence-electron chi connectivity index (χ3n) is 4.38. The van der Waals surface area contributed by atoms with Gasteiger partial charge in [0.1, 0.15) is 0 Å². The van der Waals surface area contributed by atoms with Crippen molar-refractivity contribution in [1.29, 1.82) is 0 Å². The van der Waals surface area contributed by atoms with Crippen molar-refractivity contribution >= 4 is 0 Å². The fraction of sp³-hybridized carbons (Fsp3) is 1.00. The van der Waals surface area contributed by atoms with Gasteiger partial charge in [0.2, 0.25) is 0 Å². The monoisotopic (exact) mass is 180 g/mol. The Balaban J connectivity index is 1.81. The smallest absolute Gasteiger partial charge is 0.0581 e. The maximum absolute atomic E-state index is 6.15. The summed E-state index contributed by atoms with van der Waals surface area (Å²) in [6.07, 6.45) is 12.6. The van der Waals surface area contributed by atoms with E-state index in [9.17, 15) is 0 Å². The summed E-state index contributed by atoms with van der Waals surface area (Å²) < 4.78 is 6.15. The van der Waals surface area contributed by atoms with Crippen LogP contribution >= 0.6 is 0 Å². The highest BCUT2D eigenvalue weighted by Crippen LogP contribution is 2.43. The van der Waals surface area contributed by atoms with Gasteiger partial charge in [-0.15, -0.1) is 0 Å². The van der Waals surface area contributed by atoms with E-state index in [2.05, 4.69) is 0 Å². The Morgan fingerprint density at radius 1 is 0.692 bits per heavy atom. The molecule has 0 spiro atoms. The van der Waals surface area contributed by atoms with Crippen molar-refractivity contribution in [3.05, 3.63) is 0 Å². The third-order valence-corrected chi connectivity index (χ3v) is 4.38. The molecule has 4 unspecified atom stereocenters. The van der Waals surface area contributed by atoms with Gasteiger partial charge >= 0.3 is 0 Å². The van der Waals surface area contributed by atoms with Crippen LogP contribution in [0.5, 0.6) is 0 Å². The van der Waals surface area contributed by atoms with E-state index in [-0.39, 0.29) is 0 Å². The summed E-state index contributed by atoms with van der Waals surface area (Å²) in [4.78, 5) is 0. The van der Waals surface area contributed by atoms with Crippen molar-refractivity contribution in [3.8, 4) is 0 Å². The molecule has 0 aromatic carbocycles. The predicted octanol–water partition coefficient (Wildman–Crippen LogP) is 3.13. The van der Waals surface area contributed by atoms with Crippen LogP contribution < -0.4 is 0 Å². The molecule has 3 aliphatic rings. The maximum Gasteiger partial charge on any atom is 0.0581 e. The van der Waals surface area contributed by atoms with Crippen LogP contribution in [0.3, 0.4) is 0 Å². The van der Waals surface area contributed by atoms with Gasteiger partial charge < -0.3 is 4.74 Å². The van der Waals surface area contributed by atoms with E-state index in [1.54, 1.807) is 0 Å². The summed E-state index contributed by atoms with van der Waals surface area (Å²) in [5.74, 6) is 2.06. The number of hydrogen-bond acceptors (Lipinski definition) is 1. The molecular weight excluding hydrogens is 160 g/mol. The van der Waals surface area contributed by atoms with Gasteiger partial charge in [0.15, 0.2) is 0 Å². The summed E-state index contributed by atoms with van der Waals surface area (Å²) in [5, 5.41) is 0. The fourth-order valence-electron chi connectivity index (χ4n) is 3.74. The van der Waals surface area contributed by atoms with Gasteiger partial charge in [-0.3, -0.25) is 0 Å². The zero-order valence-corrected chi connectivity index (χ0v) is 8.37. The lowest BCUT2D eigenvalue weighted by Gasteiger charge is -2.31. The fourth-order valence-corrected chi connectivity index (χ4v) is 3.74. The minimum atomic E-state index is 0.645. The van der Waals surface area contributed by atoms with Gasteiger partial charge in [-0.1, -0.05) is 12.8 Å². The summed E-state index contributed by atoms with van der Waals surface area (Å²) >= 11 is 0. The number of ether oxygens (including phenoxy) is 1. The first-order chi connectivity index (χ1) is 6.42. The molecule has 1 heterocycles. The van der Waals surface area contributed by atoms with E-state index in [4.69, 9.17) is 4.74 Å². The molecule has 2 aliphatic carbocycles. The topological polar surface area (TPSA) is 9.23 Å². The lowest BCUT2D eigenvalue weighted by Crippen LogP contribution is -2.23. The van der Waals surface area contributed by atoms with Crippen LogP contribution in [0, 0.1) is 11.8 Å². The van der Waals surface area contributed by atoms with Crippen molar-refractivity contribution < 1.29 is 4.74 Å². The van der Waals surface area contributed by atoms with Crippen molar-refractivity contribution in [2.24, 2.45) is 11.8 Å². The van der Waals surface area contributed by atoms with Crippen molar-refractivity contribution in [1.82, 2.24) is 0 Å². The third kappa shape index (κ3) is 1.52. The molecule has 0 amide bonds. The molecule has 0 aromatic rings. The Labute approximate surface area is 80.8 Å². The molecular formula is C12H20O. The lowest BCUT2D eigenvalue weighted by molar-refractivity contribution is -0.0296. The average Bonchev–Trinajstić information content (AvgIpc) is 2.25. The van der Waals surface area contributed by atoms with Gasteiger partial charge in [0, 0.05) is 0 Å². The van der Waals surface area contributed by atoms with Gasteiger partial charge in [0.25, 0.3) is 0 Å². The number of hydrogen-bond donors (Lipinski definition) is 0. The summed E-state index contributed by atoms with van der Waals surface area (Å²) in [6.45, 7) is 0. The van der Waals surface area contributed by atoms with Crippen molar-refractivity contribution in [3.63, 3.8) is 0 Å². The quantitative estimate of drug-likeness (QED) is 0.556. The minimum Gasteiger partial charge on any atom is -0.375 e. The van der Waals surface area contributed by atoms with E-state index in [1.165, 1.54) is 51.4 Å². The molecule has 13 heavy (non-hydrogen) atoms. The van der Waals surface area contributed by atoms with Crippen LogP contribution in [0.15, 0.2) is 0 Å². The molecule has 2 saturated carbocycles. The predicted molar refractivity (Wildman–Crippen MR) is 52.6 cm³/mol. The molecule has 1 nitrogen and oxygen atoms in total. The van der Waals surface area contributed by atoms with E-state index in [0.29, 0.717) is 12.2 Å². The largest absolute Gasteiger partial charge is 0.375 e. The number of fused-ring (bicyclic) bond motifs is 5. The number of rotatable bonds is 0. The first kappa shape index (κ1) is 8.28. The normalized spacial score (nSPS) is 49.8. The highest BCUT2D eigenvalue weighted by molar-refractivity contribution is 4.87. The van der Waals surface area contributed by atoms with Gasteiger partial charge in [-0.2, -0.15) is 0 Å². The molecule has 74 valence electrons. The molecule has 4 atom stereocenters. The van der Waals surface area contributed by atoms with E-state index in [0.717, 1.165) is 11.8 Å². The Bertz CT molecular complexity index is 166. The van der Waals surface area contributed by atoms with Crippen LogP contribution in [0.25, 0.3) is 0 Å². The van der Waals surface area contributed by atoms with Gasteiger partial charge in [-0.05, 0) is 50.4 Å². The van der Waals surface area contributed by atoms with Gasteiger partial charge in [0.05, 0.1) is 12.2 Å². The van der Waals surface area contributed by atoms with Crippen molar-refractivity contribution in [2.75, 3.05) is 0 Å².